The average molecular weight is 363 g/mol. The number of nitrogens with one attached hydrogen (secondary N) is 1. The summed E-state index contributed by atoms with van der Waals surface area (Å²) in [5.41, 5.74) is -0.499. The predicted octanol–water partition coefficient (Wildman–Crippen LogP) is 1.94. The number of aryl methyl sites for hydroxylation is 2. The monoisotopic (exact) mass is 363 g/mol. The molecule has 0 aliphatic carbocycles. The third kappa shape index (κ3) is 3.73. The maximum Gasteiger partial charge on any atom is 0.227 e. The molecule has 0 spiro atoms. The fourth-order valence-electron chi connectivity index (χ4n) is 2.84. The number of hydrogen-bond acceptors (Lipinski definition) is 6. The van der Waals surface area contributed by atoms with E-state index in [0.717, 1.165) is 23.1 Å². The minimum atomic E-state index is -0.814. The van der Waals surface area contributed by atoms with E-state index in [0.29, 0.717) is 12.3 Å². The van der Waals surface area contributed by atoms with Crippen molar-refractivity contribution in [1.29, 1.82) is 0 Å². The third-order valence-electron chi connectivity index (χ3n) is 4.08. The number of rotatable bonds is 5. The van der Waals surface area contributed by atoms with Crippen LogP contribution in [0.3, 0.4) is 0 Å². The lowest BCUT2D eigenvalue weighted by atomic mass is 9.85. The lowest BCUT2D eigenvalue weighted by molar-refractivity contribution is -0.122. The number of aromatic hydroxyl groups is 1. The number of aromatic nitrogens is 2. The second-order valence-corrected chi connectivity index (χ2v) is 7.86. The van der Waals surface area contributed by atoms with Crippen molar-refractivity contribution in [3.05, 3.63) is 39.7 Å². The molecule has 0 saturated carbocycles. The van der Waals surface area contributed by atoms with E-state index in [9.17, 15) is 14.7 Å². The molecule has 3 heterocycles. The normalized spacial score (nSPS) is 13.7. The molecule has 134 valence electrons. The summed E-state index contributed by atoms with van der Waals surface area (Å²) in [5, 5.41) is 13.8. The van der Waals surface area contributed by atoms with Crippen LogP contribution in [0, 0.1) is 6.92 Å². The van der Waals surface area contributed by atoms with Crippen molar-refractivity contribution in [2.75, 3.05) is 5.75 Å². The van der Waals surface area contributed by atoms with Crippen LogP contribution < -0.4 is 10.7 Å². The molecule has 7 nitrogen and oxygen atoms in total. The Hall–Kier alpha value is -2.22. The van der Waals surface area contributed by atoms with Crippen molar-refractivity contribution in [1.82, 2.24) is 14.9 Å². The largest absolute Gasteiger partial charge is 0.502 e. The first-order valence-corrected chi connectivity index (χ1v) is 9.04. The summed E-state index contributed by atoms with van der Waals surface area (Å²) in [7, 11) is 0. The molecule has 0 bridgehead atoms. The summed E-state index contributed by atoms with van der Waals surface area (Å²) >= 11 is 1.70. The van der Waals surface area contributed by atoms with Crippen LogP contribution in [0.25, 0.3) is 0 Å². The van der Waals surface area contributed by atoms with Crippen molar-refractivity contribution in [2.45, 2.75) is 50.9 Å². The van der Waals surface area contributed by atoms with Crippen LogP contribution in [0.5, 0.6) is 5.75 Å². The van der Waals surface area contributed by atoms with Gasteiger partial charge in [0.05, 0.1) is 12.2 Å². The van der Waals surface area contributed by atoms with Crippen molar-refractivity contribution in [2.24, 2.45) is 0 Å². The Bertz CT molecular complexity index is 848. The van der Waals surface area contributed by atoms with Gasteiger partial charge < -0.3 is 19.4 Å². The van der Waals surface area contributed by atoms with Crippen LogP contribution in [0.2, 0.25) is 0 Å². The first kappa shape index (κ1) is 17.6. The third-order valence-corrected chi connectivity index (χ3v) is 5.05. The number of carbonyl (C=O) groups is 1. The molecule has 1 aliphatic heterocycles. The quantitative estimate of drug-likeness (QED) is 0.843. The Labute approximate surface area is 149 Å². The fourth-order valence-corrected chi connectivity index (χ4v) is 3.80. The second kappa shape index (κ2) is 6.59. The highest BCUT2D eigenvalue weighted by atomic mass is 32.2. The van der Waals surface area contributed by atoms with Gasteiger partial charge in [-0.05, 0) is 6.92 Å². The Balaban J connectivity index is 1.66. The van der Waals surface area contributed by atoms with Gasteiger partial charge in [-0.2, -0.15) is 0 Å². The van der Waals surface area contributed by atoms with E-state index >= 15 is 0 Å². The molecule has 0 aromatic carbocycles. The molecule has 3 rings (SSSR count). The van der Waals surface area contributed by atoms with E-state index in [-0.39, 0.29) is 18.1 Å². The van der Waals surface area contributed by atoms with Gasteiger partial charge in [-0.25, -0.2) is 4.98 Å². The van der Waals surface area contributed by atoms with Gasteiger partial charge in [0.25, 0.3) is 0 Å². The number of carbonyl (C=O) groups excluding carboxylic acids is 1. The predicted molar refractivity (Wildman–Crippen MR) is 93.8 cm³/mol. The molecule has 0 saturated heterocycles. The van der Waals surface area contributed by atoms with Crippen molar-refractivity contribution in [3.8, 4) is 5.75 Å². The summed E-state index contributed by atoms with van der Waals surface area (Å²) in [5.74, 6) is 0.926. The molecule has 1 aliphatic rings. The highest BCUT2D eigenvalue weighted by Gasteiger charge is 2.31. The van der Waals surface area contributed by atoms with E-state index in [4.69, 9.17) is 4.42 Å². The average Bonchev–Trinajstić information content (AvgIpc) is 3.09. The minimum Gasteiger partial charge on any atom is -0.502 e. The molecule has 2 aromatic rings. The number of fused-ring (bicyclic) bond motifs is 1. The first-order valence-electron chi connectivity index (χ1n) is 8.06. The van der Waals surface area contributed by atoms with Crippen molar-refractivity contribution < 1.29 is 14.3 Å². The first-order chi connectivity index (χ1) is 11.8. The molecule has 25 heavy (non-hydrogen) atoms. The maximum absolute atomic E-state index is 12.3. The van der Waals surface area contributed by atoms with Gasteiger partial charge in [0.1, 0.15) is 5.76 Å². The molecule has 2 aromatic heterocycles. The topological polar surface area (TPSA) is 97.4 Å². The molecule has 0 radical (unpaired) electrons. The summed E-state index contributed by atoms with van der Waals surface area (Å²) < 4.78 is 7.59. The molecule has 1 amide bonds. The van der Waals surface area contributed by atoms with Gasteiger partial charge in [-0.15, -0.1) is 0 Å². The van der Waals surface area contributed by atoms with E-state index in [1.54, 1.807) is 32.5 Å². The Morgan fingerprint density at radius 2 is 2.28 bits per heavy atom. The van der Waals surface area contributed by atoms with E-state index < -0.39 is 16.6 Å². The Morgan fingerprint density at radius 1 is 1.52 bits per heavy atom. The smallest absolute Gasteiger partial charge is 0.227 e. The van der Waals surface area contributed by atoms with Gasteiger partial charge in [-0.1, -0.05) is 25.6 Å². The van der Waals surface area contributed by atoms with Crippen LogP contribution in [0.4, 0.5) is 0 Å². The Kier molecular flexibility index (Phi) is 4.64. The van der Waals surface area contributed by atoms with Crippen molar-refractivity contribution >= 4 is 17.7 Å². The van der Waals surface area contributed by atoms with Gasteiger partial charge in [-0.3, -0.25) is 9.59 Å². The van der Waals surface area contributed by atoms with E-state index in [1.165, 1.54) is 6.07 Å². The van der Waals surface area contributed by atoms with E-state index in [2.05, 4.69) is 14.9 Å². The van der Waals surface area contributed by atoms with Crippen LogP contribution in [0.1, 0.15) is 37.5 Å². The zero-order chi connectivity index (χ0) is 18.2. The van der Waals surface area contributed by atoms with Crippen LogP contribution in [-0.4, -0.2) is 26.3 Å². The number of hydrogen-bond donors (Lipinski definition) is 2. The Morgan fingerprint density at radius 3 is 3.00 bits per heavy atom. The highest BCUT2D eigenvalue weighted by molar-refractivity contribution is 7.99. The number of thioether (sulfide) groups is 1. The maximum atomic E-state index is 12.3. The molecule has 8 heteroatoms. The number of amides is 1. The van der Waals surface area contributed by atoms with Gasteiger partial charge >= 0.3 is 0 Å². The van der Waals surface area contributed by atoms with Crippen LogP contribution in [0.15, 0.2) is 26.6 Å². The summed E-state index contributed by atoms with van der Waals surface area (Å²) in [4.78, 5) is 28.5. The molecule has 0 unspecified atom stereocenters. The number of imidazole rings is 1. The van der Waals surface area contributed by atoms with Gasteiger partial charge in [0, 0.05) is 36.4 Å². The SMILES string of the molecule is Cc1cc(=O)c(O)c(C(C)(C)CC(=O)NCc2cn3c(n2)SCC3)o1. The summed E-state index contributed by atoms with van der Waals surface area (Å²) in [6.45, 7) is 6.44. The number of nitrogens with zero attached hydrogens (tertiary/aromatic N) is 2. The van der Waals surface area contributed by atoms with E-state index in [1.807, 2.05) is 6.20 Å². The zero-order valence-electron chi connectivity index (χ0n) is 14.5. The summed E-state index contributed by atoms with van der Waals surface area (Å²) in [6.07, 6.45) is 2.03. The van der Waals surface area contributed by atoms with Crippen molar-refractivity contribution in [3.63, 3.8) is 0 Å². The molecular weight excluding hydrogens is 342 g/mol. The lowest BCUT2D eigenvalue weighted by Gasteiger charge is -2.23. The molecule has 0 fully saturated rings. The lowest BCUT2D eigenvalue weighted by Crippen LogP contribution is -2.31. The molecule has 0 atom stereocenters. The molecular formula is C17H21N3O4S. The molecule has 2 N–H and O–H groups in total. The second-order valence-electron chi connectivity index (χ2n) is 6.79. The van der Waals surface area contributed by atoms with Crippen LogP contribution in [-0.2, 0) is 23.3 Å². The zero-order valence-corrected chi connectivity index (χ0v) is 15.3. The fraction of sp³-hybridized carbons (Fsp3) is 0.471. The van der Waals surface area contributed by atoms with Crippen LogP contribution >= 0.6 is 11.8 Å². The highest BCUT2D eigenvalue weighted by Crippen LogP contribution is 2.32. The van der Waals surface area contributed by atoms with Gasteiger partial charge in [0.15, 0.2) is 10.9 Å². The van der Waals surface area contributed by atoms with Gasteiger partial charge in [0.2, 0.25) is 17.1 Å². The minimum absolute atomic E-state index is 0.0786. The standard InChI is InChI=1S/C17H21N3O4S/c1-10-6-12(21)14(23)15(24-10)17(2,3)7-13(22)18-8-11-9-20-4-5-25-16(20)19-11/h6,9,23H,4-5,7-8H2,1-3H3,(H,18,22). The summed E-state index contributed by atoms with van der Waals surface area (Å²) in [6, 6.07) is 1.23.